The zero-order valence-electron chi connectivity index (χ0n) is 17.1. The quantitative estimate of drug-likeness (QED) is 0.311. The van der Waals surface area contributed by atoms with Crippen LogP contribution in [-0.2, 0) is 4.74 Å². The molecule has 0 fully saturated rings. The summed E-state index contributed by atoms with van der Waals surface area (Å²) < 4.78 is 39.8. The molecule has 0 aliphatic heterocycles. The first-order valence-corrected chi connectivity index (χ1v) is 9.86. The predicted molar refractivity (Wildman–Crippen MR) is 108 cm³/mol. The van der Waals surface area contributed by atoms with Crippen LogP contribution in [0.4, 0.5) is 8.78 Å². The van der Waals surface area contributed by atoms with Gasteiger partial charge in [0.15, 0.2) is 33.2 Å². The summed E-state index contributed by atoms with van der Waals surface area (Å²) in [5.41, 5.74) is -0.0977. The van der Waals surface area contributed by atoms with Gasteiger partial charge in [-0.1, -0.05) is 10.3 Å². The molecule has 0 bridgehead atoms. The van der Waals surface area contributed by atoms with Crippen LogP contribution < -0.4 is 18.9 Å². The average Bonchev–Trinajstić information content (AvgIpc) is 3.49. The minimum atomic E-state index is -1.17. The number of nitrogens with zero attached hydrogens (tertiary/aromatic N) is 2. The molecule has 0 saturated heterocycles. The van der Waals surface area contributed by atoms with Crippen LogP contribution in [0, 0.1) is 10.3 Å². The van der Waals surface area contributed by atoms with Crippen LogP contribution in [0.5, 0.6) is 0 Å². The number of carboxylic acids is 1. The third-order valence-electron chi connectivity index (χ3n) is 3.36. The van der Waals surface area contributed by atoms with Crippen molar-refractivity contribution in [2.75, 3.05) is 6.61 Å². The summed E-state index contributed by atoms with van der Waals surface area (Å²) in [6.45, 7) is 1.97. The molecule has 0 amide bonds. The predicted octanol–water partition coefficient (Wildman–Crippen LogP) is 0.962. The van der Waals surface area contributed by atoms with Gasteiger partial charge in [0.05, 0.1) is 16.4 Å². The molecule has 33 heavy (non-hydrogen) atoms. The summed E-state index contributed by atoms with van der Waals surface area (Å²) in [6.07, 6.45) is 0. The van der Waals surface area contributed by atoms with Crippen LogP contribution in [0.15, 0.2) is 45.4 Å². The van der Waals surface area contributed by atoms with E-state index < -0.39 is 11.9 Å². The van der Waals surface area contributed by atoms with Gasteiger partial charge in [0, 0.05) is 12.1 Å². The fourth-order valence-corrected chi connectivity index (χ4v) is 3.44. The molecule has 10 nitrogen and oxygen atoms in total. The van der Waals surface area contributed by atoms with Gasteiger partial charge in [-0.3, -0.25) is 0 Å². The smallest absolute Gasteiger partial charge is 0.870 e. The molecule has 0 radical (unpaired) electrons. The Morgan fingerprint density at radius 2 is 1.42 bits per heavy atom. The average molecular weight is 496 g/mol. The summed E-state index contributed by atoms with van der Waals surface area (Å²) in [4.78, 5) is 22.8. The number of thiophene rings is 2. The Labute approximate surface area is 204 Å². The van der Waals surface area contributed by atoms with Gasteiger partial charge in [-0.05, 0) is 31.2 Å². The first-order valence-electron chi connectivity index (χ1n) is 8.22. The summed E-state index contributed by atoms with van der Waals surface area (Å²) in [6, 6.07) is 8.37. The third kappa shape index (κ3) is 7.89. The molecule has 15 heteroatoms. The van der Waals surface area contributed by atoms with Gasteiger partial charge in [0.2, 0.25) is 0 Å². The number of esters is 1. The minimum Gasteiger partial charge on any atom is -0.870 e. The van der Waals surface area contributed by atoms with Crippen LogP contribution in [0.25, 0.3) is 21.3 Å². The number of carbonyl (C=O) groups excluding carboxylic acids is 1. The van der Waals surface area contributed by atoms with Crippen LogP contribution in [0.3, 0.4) is 0 Å². The van der Waals surface area contributed by atoms with Crippen LogP contribution in [-0.4, -0.2) is 44.9 Å². The molecule has 0 spiro atoms. The number of halogens is 2. The number of rotatable bonds is 5. The zero-order valence-corrected chi connectivity index (χ0v) is 18.7. The number of ether oxygens (including phenoxy) is 1. The second kappa shape index (κ2) is 13.6. The van der Waals surface area contributed by atoms with Gasteiger partial charge < -0.3 is 29.8 Å². The van der Waals surface area contributed by atoms with E-state index >= 15 is 0 Å². The summed E-state index contributed by atoms with van der Waals surface area (Å²) in [5.74, 6) is -1.10. The van der Waals surface area contributed by atoms with E-state index in [9.17, 15) is 18.4 Å². The second-order valence-electron chi connectivity index (χ2n) is 5.39. The molecule has 0 aliphatic rings. The van der Waals surface area contributed by atoms with Crippen molar-refractivity contribution in [2.45, 2.75) is 6.92 Å². The zero-order chi connectivity index (χ0) is 21.7. The fraction of sp³-hybridized carbons (Fsp3) is 0.111. The van der Waals surface area contributed by atoms with Crippen molar-refractivity contribution >= 4 is 34.6 Å². The molecule has 0 unspecified atom stereocenters. The molecule has 0 aromatic carbocycles. The maximum Gasteiger partial charge on any atom is 1.00 e. The van der Waals surface area contributed by atoms with Crippen molar-refractivity contribution in [3.63, 3.8) is 0 Å². The number of carbonyl (C=O) groups is 2. The molecule has 0 saturated carbocycles. The van der Waals surface area contributed by atoms with E-state index in [2.05, 4.69) is 10.3 Å². The SMILES string of the molecule is CCOC(=O)c1cc(-c2ccc(F)s2)on1.O.O=C(O)c1cc(-c2ccc(F)s2)on1.[Li+].[OH-]. The molecule has 4 N–H and O–H groups in total. The topological polar surface area (TPSA) is 177 Å². The maximum absolute atomic E-state index is 12.8. The van der Waals surface area contributed by atoms with E-state index in [4.69, 9.17) is 18.9 Å². The number of hydrogen-bond donors (Lipinski definition) is 1. The Kier molecular flexibility index (Phi) is 12.4. The Hall–Kier alpha value is -2.86. The summed E-state index contributed by atoms with van der Waals surface area (Å²) in [5, 5.41) is 14.8. The number of hydrogen-bond acceptors (Lipinski definition) is 10. The van der Waals surface area contributed by atoms with Crippen LogP contribution >= 0.6 is 22.7 Å². The van der Waals surface area contributed by atoms with E-state index in [1.165, 1.54) is 30.3 Å². The fourth-order valence-electron chi connectivity index (χ4n) is 2.08. The maximum atomic E-state index is 12.8. The van der Waals surface area contributed by atoms with Gasteiger partial charge >= 0.3 is 30.8 Å². The van der Waals surface area contributed by atoms with Gasteiger partial charge in [0.1, 0.15) is 0 Å². The first-order chi connectivity index (χ1) is 14.4. The number of carboxylic acid groups (broad SMARTS) is 1. The van der Waals surface area contributed by atoms with E-state index in [1.807, 2.05) is 0 Å². The molecule has 4 heterocycles. The Balaban J connectivity index is 0.000000573. The summed E-state index contributed by atoms with van der Waals surface area (Å²) in [7, 11) is 0. The van der Waals surface area contributed by atoms with Gasteiger partial charge in [-0.2, -0.15) is 8.78 Å². The van der Waals surface area contributed by atoms with Crippen molar-refractivity contribution in [1.29, 1.82) is 0 Å². The molecular weight excluding hydrogens is 481 g/mol. The molecule has 0 aliphatic carbocycles. The molecule has 0 atom stereocenters. The monoisotopic (exact) mass is 496 g/mol. The minimum absolute atomic E-state index is 0. The van der Waals surface area contributed by atoms with E-state index in [0.29, 0.717) is 15.5 Å². The third-order valence-corrected chi connectivity index (χ3v) is 5.13. The standard InChI is InChI=1S/C10H8FNO3S.C8H4FNO3S.Li.2H2O/c1-2-14-10(13)6-5-7(15-12-6)8-3-4-9(11)16-8;9-7-2-1-6(14-7)5-3-4(8(11)12)10-13-5;;;/h3-5H,2H2,1H3;1-3H,(H,11,12);;2*1H2/q;;+1;;/p-1. The molecule has 4 rings (SSSR count). The van der Waals surface area contributed by atoms with Gasteiger partial charge in [0.25, 0.3) is 0 Å². The van der Waals surface area contributed by atoms with Gasteiger partial charge in [-0.25, -0.2) is 9.59 Å². The number of aromatic carboxylic acids is 1. The van der Waals surface area contributed by atoms with Gasteiger partial charge in [-0.15, -0.1) is 22.7 Å². The molecular formula is C18H15F2LiN2O8S2. The molecule has 4 aromatic rings. The van der Waals surface area contributed by atoms with E-state index in [-0.39, 0.29) is 63.8 Å². The number of aromatic nitrogens is 2. The second-order valence-corrected chi connectivity index (χ2v) is 7.45. The van der Waals surface area contributed by atoms with Crippen molar-refractivity contribution in [3.05, 3.63) is 58.0 Å². The van der Waals surface area contributed by atoms with Crippen LogP contribution in [0.1, 0.15) is 27.9 Å². The van der Waals surface area contributed by atoms with Crippen molar-refractivity contribution in [2.24, 2.45) is 0 Å². The first kappa shape index (κ1) is 30.1. The van der Waals surface area contributed by atoms with Crippen molar-refractivity contribution in [1.82, 2.24) is 10.3 Å². The van der Waals surface area contributed by atoms with Crippen LogP contribution in [0.2, 0.25) is 0 Å². The van der Waals surface area contributed by atoms with E-state index in [0.717, 1.165) is 22.7 Å². The molecule has 4 aromatic heterocycles. The van der Waals surface area contributed by atoms with Crippen molar-refractivity contribution < 1.29 is 67.1 Å². The summed E-state index contributed by atoms with van der Waals surface area (Å²) >= 11 is 1.80. The molecule has 172 valence electrons. The Morgan fingerprint density at radius 1 is 0.970 bits per heavy atom. The Bertz CT molecular complexity index is 1170. The van der Waals surface area contributed by atoms with Crippen molar-refractivity contribution in [3.8, 4) is 21.3 Å². The Morgan fingerprint density at radius 3 is 1.79 bits per heavy atom. The largest absolute Gasteiger partial charge is 1.00 e. The van der Waals surface area contributed by atoms with E-state index in [1.54, 1.807) is 13.0 Å². The normalized spacial score (nSPS) is 9.42.